The number of hydrogen-bond acceptors (Lipinski definition) is 5. The number of Topliss-reactive ketones (excluding diaryl/α,β-unsaturated/α-hetero) is 1. The molecule has 5 nitrogen and oxygen atoms in total. The summed E-state index contributed by atoms with van der Waals surface area (Å²) in [6.45, 7) is -0.131. The maximum absolute atomic E-state index is 13.2. The van der Waals surface area contributed by atoms with E-state index in [4.69, 9.17) is 4.74 Å². The summed E-state index contributed by atoms with van der Waals surface area (Å²) in [5.41, 5.74) is 1.56. The molecule has 0 amide bonds. The molecule has 0 aliphatic heterocycles. The zero-order chi connectivity index (χ0) is 19.7. The molecular weight excluding hydrogens is 379 g/mol. The van der Waals surface area contributed by atoms with E-state index in [1.807, 2.05) is 5.38 Å². The third kappa shape index (κ3) is 3.32. The van der Waals surface area contributed by atoms with Crippen LogP contribution >= 0.6 is 11.3 Å². The van der Waals surface area contributed by atoms with Crippen molar-refractivity contribution < 1.29 is 13.9 Å². The Balaban J connectivity index is 1.73. The zero-order valence-corrected chi connectivity index (χ0v) is 15.7. The van der Waals surface area contributed by atoms with E-state index in [0.29, 0.717) is 27.1 Å². The third-order valence-electron chi connectivity index (χ3n) is 4.42. The second kappa shape index (κ2) is 7.36. The van der Waals surface area contributed by atoms with Crippen LogP contribution in [0.5, 0.6) is 5.75 Å². The van der Waals surface area contributed by atoms with Gasteiger partial charge >= 0.3 is 0 Å². The van der Waals surface area contributed by atoms with Gasteiger partial charge in [-0.15, -0.1) is 11.3 Å². The molecule has 0 spiro atoms. The summed E-state index contributed by atoms with van der Waals surface area (Å²) in [6, 6.07) is 12.7. The number of aromatic nitrogens is 2. The molecule has 0 bridgehead atoms. The Hall–Kier alpha value is -3.32. The normalized spacial score (nSPS) is 10.9. The van der Waals surface area contributed by atoms with Gasteiger partial charge in [0.25, 0.3) is 5.56 Å². The molecule has 2 aromatic heterocycles. The first-order valence-electron chi connectivity index (χ1n) is 8.46. The molecule has 4 aromatic rings. The lowest BCUT2D eigenvalue weighted by molar-refractivity contribution is 0.0970. The fraction of sp³-hybridized carbons (Fsp3) is 0.0952. The molecule has 0 fully saturated rings. The number of rotatable bonds is 5. The topological polar surface area (TPSA) is 61.2 Å². The second-order valence-corrected chi connectivity index (χ2v) is 7.03. The van der Waals surface area contributed by atoms with Gasteiger partial charge in [0.1, 0.15) is 16.4 Å². The van der Waals surface area contributed by atoms with E-state index in [1.54, 1.807) is 36.4 Å². The molecule has 0 saturated carbocycles. The molecule has 0 saturated heterocycles. The average molecular weight is 394 g/mol. The van der Waals surface area contributed by atoms with Gasteiger partial charge in [0, 0.05) is 16.5 Å². The van der Waals surface area contributed by atoms with Crippen LogP contribution in [0, 0.1) is 5.82 Å². The number of nitrogens with zero attached hydrogens (tertiary/aromatic N) is 2. The Kier molecular flexibility index (Phi) is 4.75. The number of fused-ring (bicyclic) bond motifs is 1. The van der Waals surface area contributed by atoms with Crippen molar-refractivity contribution in [3.05, 3.63) is 82.0 Å². The molecule has 0 N–H and O–H groups in total. The van der Waals surface area contributed by atoms with Crippen molar-refractivity contribution in [2.45, 2.75) is 6.54 Å². The van der Waals surface area contributed by atoms with Gasteiger partial charge in [-0.25, -0.2) is 9.37 Å². The largest absolute Gasteiger partial charge is 0.497 e. The number of carbonyl (C=O) groups excluding carboxylic acids is 1. The molecule has 0 aliphatic carbocycles. The number of thiophene rings is 1. The molecule has 28 heavy (non-hydrogen) atoms. The van der Waals surface area contributed by atoms with E-state index >= 15 is 0 Å². The maximum atomic E-state index is 13.2. The molecule has 2 aromatic carbocycles. The minimum absolute atomic E-state index is 0.131. The highest BCUT2D eigenvalue weighted by atomic mass is 32.1. The van der Waals surface area contributed by atoms with Crippen LogP contribution in [0.1, 0.15) is 10.4 Å². The summed E-state index contributed by atoms with van der Waals surface area (Å²) in [4.78, 5) is 30.5. The number of benzene rings is 2. The van der Waals surface area contributed by atoms with Crippen molar-refractivity contribution in [1.29, 1.82) is 0 Å². The first kappa shape index (κ1) is 18.1. The van der Waals surface area contributed by atoms with Gasteiger partial charge < -0.3 is 4.74 Å². The van der Waals surface area contributed by atoms with Crippen molar-refractivity contribution in [2.24, 2.45) is 0 Å². The number of carbonyl (C=O) groups is 1. The molecular formula is C21H15FN2O3S. The van der Waals surface area contributed by atoms with Crippen molar-refractivity contribution >= 4 is 27.3 Å². The predicted octanol–water partition coefficient (Wildman–Crippen LogP) is 4.16. The highest BCUT2D eigenvalue weighted by Crippen LogP contribution is 2.30. The van der Waals surface area contributed by atoms with Crippen LogP contribution in [0.25, 0.3) is 21.3 Å². The molecule has 0 aliphatic rings. The van der Waals surface area contributed by atoms with Gasteiger partial charge in [-0.3, -0.25) is 14.2 Å². The van der Waals surface area contributed by atoms with Crippen LogP contribution < -0.4 is 10.3 Å². The number of halogens is 1. The molecule has 0 unspecified atom stereocenters. The van der Waals surface area contributed by atoms with Gasteiger partial charge in [-0.1, -0.05) is 24.3 Å². The SMILES string of the molecule is COc1cccc(C(=O)Cn2cnc3scc(-c4ccc(F)cc4)c3c2=O)c1. The lowest BCUT2D eigenvalue weighted by Gasteiger charge is -2.07. The Morgan fingerprint density at radius 1 is 1.21 bits per heavy atom. The summed E-state index contributed by atoms with van der Waals surface area (Å²) in [5.74, 6) is 0.00613. The zero-order valence-electron chi connectivity index (χ0n) is 14.9. The number of ketones is 1. The second-order valence-electron chi connectivity index (χ2n) is 6.17. The van der Waals surface area contributed by atoms with E-state index in [2.05, 4.69) is 4.98 Å². The summed E-state index contributed by atoms with van der Waals surface area (Å²) in [5, 5.41) is 2.25. The van der Waals surface area contributed by atoms with Gasteiger partial charge in [0.05, 0.1) is 25.4 Å². The lowest BCUT2D eigenvalue weighted by atomic mass is 10.1. The van der Waals surface area contributed by atoms with Crippen molar-refractivity contribution in [1.82, 2.24) is 9.55 Å². The summed E-state index contributed by atoms with van der Waals surface area (Å²) in [6.07, 6.45) is 1.38. The van der Waals surface area contributed by atoms with E-state index < -0.39 is 0 Å². The maximum Gasteiger partial charge on any atom is 0.263 e. The van der Waals surface area contributed by atoms with E-state index in [9.17, 15) is 14.0 Å². The fourth-order valence-corrected chi connectivity index (χ4v) is 3.87. The summed E-state index contributed by atoms with van der Waals surface area (Å²) < 4.78 is 19.7. The van der Waals surface area contributed by atoms with Crippen molar-refractivity contribution in [3.8, 4) is 16.9 Å². The highest BCUT2D eigenvalue weighted by molar-refractivity contribution is 7.17. The van der Waals surface area contributed by atoms with E-state index in [1.165, 1.54) is 41.5 Å². The number of ether oxygens (including phenoxy) is 1. The number of methoxy groups -OCH3 is 1. The molecule has 2 heterocycles. The highest BCUT2D eigenvalue weighted by Gasteiger charge is 2.15. The summed E-state index contributed by atoms with van der Waals surface area (Å²) in [7, 11) is 1.53. The van der Waals surface area contributed by atoms with Gasteiger partial charge in [-0.2, -0.15) is 0 Å². The van der Waals surface area contributed by atoms with Crippen LogP contribution in [0.2, 0.25) is 0 Å². The Morgan fingerprint density at radius 3 is 2.75 bits per heavy atom. The average Bonchev–Trinajstić information content (AvgIpc) is 3.15. The minimum Gasteiger partial charge on any atom is -0.497 e. The van der Waals surface area contributed by atoms with Crippen molar-refractivity contribution in [3.63, 3.8) is 0 Å². The molecule has 140 valence electrons. The smallest absolute Gasteiger partial charge is 0.263 e. The Bertz CT molecular complexity index is 1230. The molecule has 7 heteroatoms. The lowest BCUT2D eigenvalue weighted by Crippen LogP contribution is -2.24. The molecule has 0 radical (unpaired) electrons. The predicted molar refractivity (Wildman–Crippen MR) is 107 cm³/mol. The fourth-order valence-electron chi connectivity index (χ4n) is 2.96. The van der Waals surface area contributed by atoms with Crippen LogP contribution in [-0.4, -0.2) is 22.4 Å². The van der Waals surface area contributed by atoms with Crippen LogP contribution in [0.15, 0.2) is 65.0 Å². The third-order valence-corrected chi connectivity index (χ3v) is 5.31. The molecule has 4 rings (SSSR count). The Morgan fingerprint density at radius 2 is 2.00 bits per heavy atom. The van der Waals surface area contributed by atoms with Gasteiger partial charge in [0.15, 0.2) is 5.78 Å². The van der Waals surface area contributed by atoms with Crippen LogP contribution in [0.4, 0.5) is 4.39 Å². The van der Waals surface area contributed by atoms with E-state index in [-0.39, 0.29) is 23.7 Å². The van der Waals surface area contributed by atoms with Gasteiger partial charge in [0.2, 0.25) is 0 Å². The first-order chi connectivity index (χ1) is 13.6. The number of hydrogen-bond donors (Lipinski definition) is 0. The molecule has 0 atom stereocenters. The van der Waals surface area contributed by atoms with Crippen molar-refractivity contribution in [2.75, 3.05) is 7.11 Å². The first-order valence-corrected chi connectivity index (χ1v) is 9.34. The van der Waals surface area contributed by atoms with Crippen LogP contribution in [-0.2, 0) is 6.54 Å². The standard InChI is InChI=1S/C21H15FN2O3S/c1-27-16-4-2-3-14(9-16)18(25)10-24-12-23-20-19(21(24)26)17(11-28-20)13-5-7-15(22)8-6-13/h2-9,11-12H,10H2,1H3. The van der Waals surface area contributed by atoms with Gasteiger partial charge in [-0.05, 0) is 29.8 Å². The quantitative estimate of drug-likeness (QED) is 0.477. The minimum atomic E-state index is -0.345. The summed E-state index contributed by atoms with van der Waals surface area (Å²) >= 11 is 1.34. The van der Waals surface area contributed by atoms with E-state index in [0.717, 1.165) is 5.56 Å². The van der Waals surface area contributed by atoms with Crippen LogP contribution in [0.3, 0.4) is 0 Å². The monoisotopic (exact) mass is 394 g/mol. The Labute approximate surface area is 163 Å².